The summed E-state index contributed by atoms with van der Waals surface area (Å²) in [6, 6.07) is 25.0. The summed E-state index contributed by atoms with van der Waals surface area (Å²) in [5.74, 6) is 0.633. The lowest BCUT2D eigenvalue weighted by atomic mass is 10.1. The van der Waals surface area contributed by atoms with Crippen LogP contribution in [0.1, 0.15) is 5.56 Å². The van der Waals surface area contributed by atoms with Crippen LogP contribution in [0.2, 0.25) is 0 Å². The number of pyridine rings is 1. The van der Waals surface area contributed by atoms with Gasteiger partial charge in [0.1, 0.15) is 6.61 Å². The molecule has 1 aromatic heterocycles. The molecule has 0 atom stereocenters. The fourth-order valence-corrected chi connectivity index (χ4v) is 1.93. The van der Waals surface area contributed by atoms with Gasteiger partial charge in [0.2, 0.25) is 5.88 Å². The van der Waals surface area contributed by atoms with E-state index in [1.54, 1.807) is 0 Å². The number of hydrogen-bond acceptors (Lipinski definition) is 2. The molecule has 3 aromatic rings. The van der Waals surface area contributed by atoms with Crippen LogP contribution in [0.4, 0.5) is 0 Å². The van der Waals surface area contributed by atoms with Crippen LogP contribution < -0.4 is 4.74 Å². The van der Waals surface area contributed by atoms with Gasteiger partial charge in [-0.05, 0) is 23.3 Å². The van der Waals surface area contributed by atoms with E-state index < -0.39 is 0 Å². The van der Waals surface area contributed by atoms with Crippen molar-refractivity contribution in [3.05, 3.63) is 84.6 Å². The average Bonchev–Trinajstić information content (AvgIpc) is 2.55. The van der Waals surface area contributed by atoms with Crippen LogP contribution in [0.15, 0.2) is 72.9 Å². The first-order chi connectivity index (χ1) is 9.92. The third-order valence-electron chi connectivity index (χ3n) is 2.99. The van der Waals surface area contributed by atoms with Crippen molar-refractivity contribution in [3.8, 4) is 17.0 Å². The maximum Gasteiger partial charge on any atom is 0.213 e. The first-order valence-corrected chi connectivity index (χ1v) is 6.52. The molecule has 0 saturated heterocycles. The molecule has 20 heavy (non-hydrogen) atoms. The molecule has 2 heteroatoms. The van der Waals surface area contributed by atoms with Gasteiger partial charge >= 0.3 is 0 Å². The molecular formula is C18H14NO. The van der Waals surface area contributed by atoms with Crippen LogP contribution in [0.3, 0.4) is 0 Å². The normalized spacial score (nSPS) is 10.2. The highest BCUT2D eigenvalue weighted by Gasteiger charge is 2.00. The lowest BCUT2D eigenvalue weighted by Gasteiger charge is -2.06. The van der Waals surface area contributed by atoms with E-state index in [1.165, 1.54) is 0 Å². The van der Waals surface area contributed by atoms with E-state index in [-0.39, 0.29) is 0 Å². The molecular weight excluding hydrogens is 246 g/mol. The van der Waals surface area contributed by atoms with Gasteiger partial charge in [0.25, 0.3) is 0 Å². The molecule has 3 rings (SSSR count). The first kappa shape index (κ1) is 12.4. The van der Waals surface area contributed by atoms with Crippen LogP contribution >= 0.6 is 0 Å². The molecule has 1 radical (unpaired) electrons. The van der Waals surface area contributed by atoms with Gasteiger partial charge < -0.3 is 4.74 Å². The van der Waals surface area contributed by atoms with Crippen LogP contribution in [-0.2, 0) is 6.61 Å². The summed E-state index contributed by atoms with van der Waals surface area (Å²) in [5.41, 5.74) is 3.21. The molecule has 0 aliphatic rings. The second-order valence-corrected chi connectivity index (χ2v) is 4.44. The standard InChI is InChI=1S/C18H14NO/c1-3-7-15(8-4-1)14-20-18-12-11-17(13-19-18)16-9-5-2-6-10-16/h1-9,11-13H,14H2. The summed E-state index contributed by atoms with van der Waals surface area (Å²) >= 11 is 0. The van der Waals surface area contributed by atoms with E-state index in [4.69, 9.17) is 4.74 Å². The second-order valence-electron chi connectivity index (χ2n) is 4.44. The van der Waals surface area contributed by atoms with Gasteiger partial charge in [-0.3, -0.25) is 0 Å². The van der Waals surface area contributed by atoms with Crippen molar-refractivity contribution in [2.24, 2.45) is 0 Å². The first-order valence-electron chi connectivity index (χ1n) is 6.52. The Morgan fingerprint density at radius 2 is 1.75 bits per heavy atom. The molecule has 2 nitrogen and oxygen atoms in total. The summed E-state index contributed by atoms with van der Waals surface area (Å²) in [7, 11) is 0. The largest absolute Gasteiger partial charge is 0.473 e. The molecule has 0 aliphatic heterocycles. The molecule has 0 bridgehead atoms. The van der Waals surface area contributed by atoms with Gasteiger partial charge in [-0.1, -0.05) is 54.6 Å². The molecule has 0 fully saturated rings. The van der Waals surface area contributed by atoms with Gasteiger partial charge in [0, 0.05) is 17.8 Å². The fourth-order valence-electron chi connectivity index (χ4n) is 1.93. The van der Waals surface area contributed by atoms with E-state index in [9.17, 15) is 0 Å². The third-order valence-corrected chi connectivity index (χ3v) is 2.99. The van der Waals surface area contributed by atoms with E-state index in [0.717, 1.165) is 16.7 Å². The minimum atomic E-state index is 0.532. The maximum absolute atomic E-state index is 5.66. The van der Waals surface area contributed by atoms with Crippen LogP contribution in [0.5, 0.6) is 5.88 Å². The lowest BCUT2D eigenvalue weighted by Crippen LogP contribution is -1.96. The van der Waals surface area contributed by atoms with Gasteiger partial charge in [-0.2, -0.15) is 0 Å². The van der Waals surface area contributed by atoms with Crippen molar-refractivity contribution < 1.29 is 4.74 Å². The predicted molar refractivity (Wildman–Crippen MR) is 79.3 cm³/mol. The van der Waals surface area contributed by atoms with Crippen molar-refractivity contribution in [1.29, 1.82) is 0 Å². The Bertz CT molecular complexity index is 648. The van der Waals surface area contributed by atoms with Gasteiger partial charge in [0.05, 0.1) is 0 Å². The van der Waals surface area contributed by atoms with Gasteiger partial charge in [-0.25, -0.2) is 4.98 Å². The molecule has 2 aromatic carbocycles. The average molecular weight is 260 g/mol. The van der Waals surface area contributed by atoms with Crippen molar-refractivity contribution in [2.75, 3.05) is 0 Å². The highest BCUT2D eigenvalue weighted by atomic mass is 16.5. The van der Waals surface area contributed by atoms with E-state index in [2.05, 4.69) is 11.1 Å². The zero-order chi connectivity index (χ0) is 13.6. The van der Waals surface area contributed by atoms with Gasteiger partial charge in [-0.15, -0.1) is 0 Å². The number of benzene rings is 2. The highest BCUT2D eigenvalue weighted by molar-refractivity contribution is 5.61. The Labute approximate surface area is 118 Å². The molecule has 0 amide bonds. The Morgan fingerprint density at radius 3 is 2.45 bits per heavy atom. The number of nitrogens with zero attached hydrogens (tertiary/aromatic N) is 1. The van der Waals surface area contributed by atoms with Crippen molar-refractivity contribution in [2.45, 2.75) is 6.61 Å². The quantitative estimate of drug-likeness (QED) is 0.703. The summed E-state index contributed by atoms with van der Waals surface area (Å²) in [6.45, 7) is 0.532. The molecule has 1 heterocycles. The smallest absolute Gasteiger partial charge is 0.213 e. The van der Waals surface area contributed by atoms with Crippen molar-refractivity contribution in [1.82, 2.24) is 4.98 Å². The second kappa shape index (κ2) is 6.02. The number of rotatable bonds is 4. The molecule has 0 N–H and O–H groups in total. The van der Waals surface area contributed by atoms with Gasteiger partial charge in [0.15, 0.2) is 0 Å². The molecule has 0 spiro atoms. The minimum absolute atomic E-state index is 0.532. The SMILES string of the molecule is [c]1ccccc1-c1ccc(OCc2ccccc2)nc1. The zero-order valence-electron chi connectivity index (χ0n) is 11.0. The van der Waals surface area contributed by atoms with Crippen LogP contribution in [0.25, 0.3) is 11.1 Å². The number of aromatic nitrogens is 1. The molecule has 0 aliphatic carbocycles. The van der Waals surface area contributed by atoms with E-state index >= 15 is 0 Å². The summed E-state index contributed by atoms with van der Waals surface area (Å²) < 4.78 is 5.66. The Morgan fingerprint density at radius 1 is 0.900 bits per heavy atom. The van der Waals surface area contributed by atoms with Crippen molar-refractivity contribution >= 4 is 0 Å². The summed E-state index contributed by atoms with van der Waals surface area (Å²) in [6.07, 6.45) is 1.81. The summed E-state index contributed by atoms with van der Waals surface area (Å²) in [4.78, 5) is 4.33. The topological polar surface area (TPSA) is 22.1 Å². The maximum atomic E-state index is 5.66. The third kappa shape index (κ3) is 3.04. The monoisotopic (exact) mass is 260 g/mol. The van der Waals surface area contributed by atoms with Crippen LogP contribution in [0, 0.1) is 6.07 Å². The molecule has 0 saturated carbocycles. The molecule has 0 unspecified atom stereocenters. The number of ether oxygens (including phenoxy) is 1. The van der Waals surface area contributed by atoms with E-state index in [1.807, 2.05) is 72.9 Å². The Balaban J connectivity index is 1.68. The Hall–Kier alpha value is -2.61. The van der Waals surface area contributed by atoms with E-state index in [0.29, 0.717) is 12.5 Å². The predicted octanol–water partition coefficient (Wildman–Crippen LogP) is 4.13. The Kier molecular flexibility index (Phi) is 3.74. The number of hydrogen-bond donors (Lipinski definition) is 0. The van der Waals surface area contributed by atoms with Crippen LogP contribution in [-0.4, -0.2) is 4.98 Å². The van der Waals surface area contributed by atoms with Crippen molar-refractivity contribution in [3.63, 3.8) is 0 Å². The molecule has 97 valence electrons. The highest BCUT2D eigenvalue weighted by Crippen LogP contribution is 2.19. The fraction of sp³-hybridized carbons (Fsp3) is 0.0556. The summed E-state index contributed by atoms with van der Waals surface area (Å²) in [5, 5.41) is 0. The zero-order valence-corrected chi connectivity index (χ0v) is 11.0. The minimum Gasteiger partial charge on any atom is -0.473 e. The lowest BCUT2D eigenvalue weighted by molar-refractivity contribution is 0.294.